The summed E-state index contributed by atoms with van der Waals surface area (Å²) in [6, 6.07) is 7.85. The maximum Gasteiger partial charge on any atom is 0.230 e. The Hall–Kier alpha value is -2.16. The molecule has 2 aliphatic rings. The van der Waals surface area contributed by atoms with Crippen LogP contribution in [0.1, 0.15) is 35.4 Å². The van der Waals surface area contributed by atoms with E-state index in [1.807, 2.05) is 31.2 Å². The smallest absolute Gasteiger partial charge is 0.230 e. The molecule has 3 nitrogen and oxygen atoms in total. The topological polar surface area (TPSA) is 43.4 Å². The number of hydrogen-bond donors (Lipinski definition) is 0. The first-order valence-corrected chi connectivity index (χ1v) is 6.45. The molecular weight excluding hydrogens is 240 g/mol. The molecule has 0 fully saturated rings. The third-order valence-corrected chi connectivity index (χ3v) is 4.20. The Bertz CT molecular complexity index is 791. The van der Waals surface area contributed by atoms with E-state index in [1.165, 1.54) is 0 Å². The SMILES string of the molecule is C[C@@H]1C=C2c3ccccc3OC[C@H]2c2c1c(=O)c2=O. The van der Waals surface area contributed by atoms with Crippen molar-refractivity contribution in [3.05, 3.63) is 67.5 Å². The van der Waals surface area contributed by atoms with E-state index in [2.05, 4.69) is 6.08 Å². The Morgan fingerprint density at radius 2 is 1.84 bits per heavy atom. The molecule has 3 heteroatoms. The molecule has 2 aromatic carbocycles. The molecule has 4 rings (SSSR count). The van der Waals surface area contributed by atoms with E-state index >= 15 is 0 Å². The molecule has 2 atom stereocenters. The first kappa shape index (κ1) is 10.7. The number of benzene rings is 1. The van der Waals surface area contributed by atoms with Crippen molar-refractivity contribution in [2.24, 2.45) is 0 Å². The lowest BCUT2D eigenvalue weighted by Gasteiger charge is -2.35. The highest BCUT2D eigenvalue weighted by Crippen LogP contribution is 2.46. The van der Waals surface area contributed by atoms with Gasteiger partial charge in [-0.3, -0.25) is 9.59 Å². The normalized spacial score (nSPS) is 23.9. The Kier molecular flexibility index (Phi) is 1.94. The van der Waals surface area contributed by atoms with Gasteiger partial charge in [0, 0.05) is 28.5 Å². The first-order valence-electron chi connectivity index (χ1n) is 6.45. The van der Waals surface area contributed by atoms with Crippen molar-refractivity contribution in [3.8, 4) is 5.75 Å². The van der Waals surface area contributed by atoms with Crippen molar-refractivity contribution < 1.29 is 4.74 Å². The molecule has 0 bridgehead atoms. The summed E-state index contributed by atoms with van der Waals surface area (Å²) in [5.41, 5.74) is 2.93. The van der Waals surface area contributed by atoms with Gasteiger partial charge in [0.05, 0.1) is 6.61 Å². The maximum absolute atomic E-state index is 11.8. The fourth-order valence-electron chi connectivity index (χ4n) is 3.30. The molecule has 0 spiro atoms. The fraction of sp³-hybridized carbons (Fsp3) is 0.250. The van der Waals surface area contributed by atoms with Crippen molar-refractivity contribution in [2.75, 3.05) is 6.61 Å². The highest BCUT2D eigenvalue weighted by Gasteiger charge is 2.39. The van der Waals surface area contributed by atoms with Gasteiger partial charge in [-0.1, -0.05) is 31.2 Å². The zero-order valence-corrected chi connectivity index (χ0v) is 10.5. The number of rotatable bonds is 0. The van der Waals surface area contributed by atoms with Gasteiger partial charge in [-0.2, -0.15) is 0 Å². The van der Waals surface area contributed by atoms with E-state index in [1.54, 1.807) is 0 Å². The van der Waals surface area contributed by atoms with Crippen LogP contribution in [0.4, 0.5) is 0 Å². The summed E-state index contributed by atoms with van der Waals surface area (Å²) in [6.07, 6.45) is 2.11. The van der Waals surface area contributed by atoms with Crippen LogP contribution in [0.2, 0.25) is 0 Å². The number of fused-ring (bicyclic) bond motifs is 5. The summed E-state index contributed by atoms with van der Waals surface area (Å²) in [6.45, 7) is 2.42. The predicted molar refractivity (Wildman–Crippen MR) is 72.4 cm³/mol. The van der Waals surface area contributed by atoms with Gasteiger partial charge in [-0.05, 0) is 11.6 Å². The van der Waals surface area contributed by atoms with Crippen molar-refractivity contribution in [3.63, 3.8) is 0 Å². The molecule has 0 unspecified atom stereocenters. The lowest BCUT2D eigenvalue weighted by Crippen LogP contribution is -2.45. The van der Waals surface area contributed by atoms with Crippen LogP contribution in [-0.4, -0.2) is 6.61 Å². The third kappa shape index (κ3) is 1.22. The van der Waals surface area contributed by atoms with Gasteiger partial charge in [-0.25, -0.2) is 0 Å². The van der Waals surface area contributed by atoms with E-state index in [0.717, 1.165) is 16.9 Å². The average Bonchev–Trinajstić information content (AvgIpc) is 2.45. The number of ether oxygens (including phenoxy) is 1. The van der Waals surface area contributed by atoms with E-state index in [-0.39, 0.29) is 22.7 Å². The van der Waals surface area contributed by atoms with Crippen LogP contribution in [0.15, 0.2) is 39.9 Å². The zero-order chi connectivity index (χ0) is 13.1. The molecule has 2 aromatic rings. The maximum atomic E-state index is 11.8. The molecule has 0 saturated carbocycles. The standard InChI is InChI=1S/C16H12O3/c1-8-6-10-9-4-2-3-5-12(9)19-7-11(10)14-13(8)15(17)16(14)18/h2-6,8,11H,7H2,1H3/t8-,11-/m1/s1. The van der Waals surface area contributed by atoms with Crippen molar-refractivity contribution in [1.82, 2.24) is 0 Å². The lowest BCUT2D eigenvalue weighted by molar-refractivity contribution is 0.294. The molecule has 1 heterocycles. The number of para-hydroxylation sites is 1. The van der Waals surface area contributed by atoms with E-state index in [4.69, 9.17) is 4.74 Å². The molecule has 0 amide bonds. The molecular formula is C16H12O3. The van der Waals surface area contributed by atoms with Crippen LogP contribution in [0.25, 0.3) is 5.57 Å². The Labute approximate surface area is 109 Å². The molecule has 0 N–H and O–H groups in total. The summed E-state index contributed by atoms with van der Waals surface area (Å²) >= 11 is 0. The van der Waals surface area contributed by atoms with Crippen molar-refractivity contribution in [1.29, 1.82) is 0 Å². The van der Waals surface area contributed by atoms with Gasteiger partial charge in [0.15, 0.2) is 0 Å². The highest BCUT2D eigenvalue weighted by molar-refractivity contribution is 5.80. The summed E-state index contributed by atoms with van der Waals surface area (Å²) in [4.78, 5) is 23.5. The summed E-state index contributed by atoms with van der Waals surface area (Å²) in [5.74, 6) is 0.822. The van der Waals surface area contributed by atoms with Crippen LogP contribution in [0.5, 0.6) is 5.75 Å². The van der Waals surface area contributed by atoms with Crippen LogP contribution in [0.3, 0.4) is 0 Å². The molecule has 1 aliphatic heterocycles. The van der Waals surface area contributed by atoms with Crippen LogP contribution >= 0.6 is 0 Å². The lowest BCUT2D eigenvalue weighted by atomic mass is 9.72. The largest absolute Gasteiger partial charge is 0.492 e. The zero-order valence-electron chi connectivity index (χ0n) is 10.5. The quantitative estimate of drug-likeness (QED) is 0.673. The second-order valence-electron chi connectivity index (χ2n) is 5.26. The number of allylic oxidation sites excluding steroid dienone is 1. The molecule has 0 aromatic heterocycles. The van der Waals surface area contributed by atoms with Crippen LogP contribution in [-0.2, 0) is 0 Å². The summed E-state index contributed by atoms with van der Waals surface area (Å²) < 4.78 is 5.73. The summed E-state index contributed by atoms with van der Waals surface area (Å²) in [7, 11) is 0. The van der Waals surface area contributed by atoms with Gasteiger partial charge in [0.1, 0.15) is 5.75 Å². The minimum absolute atomic E-state index is 0.0256. The molecule has 1 aliphatic carbocycles. The molecule has 0 radical (unpaired) electrons. The second kappa shape index (κ2) is 3.44. The van der Waals surface area contributed by atoms with Crippen LogP contribution in [0, 0.1) is 0 Å². The first-order chi connectivity index (χ1) is 9.18. The minimum Gasteiger partial charge on any atom is -0.492 e. The minimum atomic E-state index is -0.319. The Morgan fingerprint density at radius 1 is 1.11 bits per heavy atom. The van der Waals surface area contributed by atoms with Gasteiger partial charge in [-0.15, -0.1) is 0 Å². The Morgan fingerprint density at radius 3 is 2.68 bits per heavy atom. The van der Waals surface area contributed by atoms with Crippen molar-refractivity contribution >= 4 is 5.57 Å². The monoisotopic (exact) mass is 252 g/mol. The number of hydrogen-bond acceptors (Lipinski definition) is 3. The molecule has 19 heavy (non-hydrogen) atoms. The fourth-order valence-corrected chi connectivity index (χ4v) is 3.30. The molecule has 94 valence electrons. The third-order valence-electron chi connectivity index (χ3n) is 4.20. The van der Waals surface area contributed by atoms with E-state index < -0.39 is 0 Å². The van der Waals surface area contributed by atoms with Gasteiger partial charge in [0.25, 0.3) is 0 Å². The van der Waals surface area contributed by atoms with Crippen molar-refractivity contribution in [2.45, 2.75) is 18.8 Å². The summed E-state index contributed by atoms with van der Waals surface area (Å²) in [5, 5.41) is 0. The van der Waals surface area contributed by atoms with Gasteiger partial charge in [0.2, 0.25) is 10.9 Å². The van der Waals surface area contributed by atoms with Crippen LogP contribution < -0.4 is 15.6 Å². The van der Waals surface area contributed by atoms with E-state index in [9.17, 15) is 9.59 Å². The van der Waals surface area contributed by atoms with E-state index in [0.29, 0.717) is 17.7 Å². The Balaban J connectivity index is 1.95. The van der Waals surface area contributed by atoms with Gasteiger partial charge < -0.3 is 4.74 Å². The van der Waals surface area contributed by atoms with Gasteiger partial charge >= 0.3 is 0 Å². The predicted octanol–water partition coefficient (Wildman–Crippen LogP) is 1.96. The molecule has 0 saturated heterocycles. The second-order valence-corrected chi connectivity index (χ2v) is 5.26. The highest BCUT2D eigenvalue weighted by atomic mass is 16.5. The average molecular weight is 252 g/mol.